The highest BCUT2D eigenvalue weighted by atomic mass is 16.5. The van der Waals surface area contributed by atoms with Gasteiger partial charge in [0.05, 0.1) is 26.3 Å². The summed E-state index contributed by atoms with van der Waals surface area (Å²) in [4.78, 5) is 1.96. The molecule has 2 aromatic rings. The minimum absolute atomic E-state index is 0.591. The van der Waals surface area contributed by atoms with Crippen molar-refractivity contribution in [2.45, 2.75) is 20.0 Å². The molecule has 0 radical (unpaired) electrons. The molecule has 20 heavy (non-hydrogen) atoms. The summed E-state index contributed by atoms with van der Waals surface area (Å²) >= 11 is 0. The Balaban J connectivity index is 2.29. The summed E-state index contributed by atoms with van der Waals surface area (Å²) in [5.74, 6) is 2.28. The third-order valence-corrected chi connectivity index (χ3v) is 3.08. The van der Waals surface area contributed by atoms with Gasteiger partial charge in [0.25, 0.3) is 0 Å². The summed E-state index contributed by atoms with van der Waals surface area (Å²) in [5.41, 5.74) is 0.964. The number of methoxy groups -OCH3 is 2. The van der Waals surface area contributed by atoms with Gasteiger partial charge in [-0.05, 0) is 29.5 Å². The number of aryl methyl sites for hydroxylation is 1. The van der Waals surface area contributed by atoms with Gasteiger partial charge in [-0.2, -0.15) is 0 Å². The molecule has 108 valence electrons. The van der Waals surface area contributed by atoms with E-state index in [1.165, 1.54) is 0 Å². The van der Waals surface area contributed by atoms with Gasteiger partial charge in [-0.25, -0.2) is 4.68 Å². The molecule has 0 saturated heterocycles. The number of ether oxygens (including phenoxy) is 2. The first-order valence-electron chi connectivity index (χ1n) is 6.38. The predicted molar refractivity (Wildman–Crippen MR) is 75.1 cm³/mol. The number of tetrazole rings is 1. The van der Waals surface area contributed by atoms with Gasteiger partial charge < -0.3 is 14.4 Å². The van der Waals surface area contributed by atoms with Crippen molar-refractivity contribution in [1.29, 1.82) is 0 Å². The molecule has 2 rings (SSSR count). The van der Waals surface area contributed by atoms with E-state index in [0.29, 0.717) is 12.5 Å². The Morgan fingerprint density at radius 2 is 1.85 bits per heavy atom. The van der Waals surface area contributed by atoms with Gasteiger partial charge in [-0.1, -0.05) is 11.2 Å². The van der Waals surface area contributed by atoms with E-state index in [1.54, 1.807) is 18.9 Å². The van der Waals surface area contributed by atoms with E-state index in [1.807, 2.05) is 37.1 Å². The second-order valence-corrected chi connectivity index (χ2v) is 4.29. The molecule has 0 aliphatic heterocycles. The number of benzene rings is 1. The summed E-state index contributed by atoms with van der Waals surface area (Å²) in [5, 5.41) is 11.7. The molecule has 7 heteroatoms. The fourth-order valence-electron chi connectivity index (χ4n) is 2.07. The number of aromatic nitrogens is 4. The fourth-order valence-corrected chi connectivity index (χ4v) is 2.07. The number of nitrogens with zero attached hydrogens (tertiary/aromatic N) is 5. The highest BCUT2D eigenvalue weighted by Gasteiger charge is 2.16. The summed E-state index contributed by atoms with van der Waals surface area (Å²) in [6.45, 7) is 3.31. The van der Waals surface area contributed by atoms with E-state index >= 15 is 0 Å². The van der Waals surface area contributed by atoms with Gasteiger partial charge in [-0.3, -0.25) is 0 Å². The second-order valence-electron chi connectivity index (χ2n) is 4.29. The highest BCUT2D eigenvalue weighted by Crippen LogP contribution is 2.30. The molecule has 0 N–H and O–H groups in total. The monoisotopic (exact) mass is 277 g/mol. The molecule has 0 aliphatic carbocycles. The van der Waals surface area contributed by atoms with Gasteiger partial charge >= 0.3 is 0 Å². The molecule has 0 spiro atoms. The van der Waals surface area contributed by atoms with E-state index in [2.05, 4.69) is 15.5 Å². The first-order valence-corrected chi connectivity index (χ1v) is 6.38. The zero-order chi connectivity index (χ0) is 14.5. The van der Waals surface area contributed by atoms with Crippen LogP contribution in [0.2, 0.25) is 0 Å². The van der Waals surface area contributed by atoms with Crippen LogP contribution < -0.4 is 14.4 Å². The summed E-state index contributed by atoms with van der Waals surface area (Å²) in [7, 11) is 5.23. The Kier molecular flexibility index (Phi) is 4.39. The normalized spacial score (nSPS) is 10.4. The zero-order valence-electron chi connectivity index (χ0n) is 12.2. The Labute approximate surface area is 118 Å². The van der Waals surface area contributed by atoms with Crippen molar-refractivity contribution in [2.24, 2.45) is 0 Å². The third kappa shape index (κ3) is 2.66. The molecule has 1 heterocycles. The molecule has 1 aromatic carbocycles. The van der Waals surface area contributed by atoms with Crippen LogP contribution in [0.3, 0.4) is 0 Å². The van der Waals surface area contributed by atoms with Crippen LogP contribution in [0.1, 0.15) is 12.5 Å². The van der Waals surface area contributed by atoms with Crippen molar-refractivity contribution in [1.82, 2.24) is 20.2 Å². The maximum atomic E-state index is 5.40. The number of rotatable bonds is 6. The predicted octanol–water partition coefficient (Wildman–Crippen LogP) is 1.35. The van der Waals surface area contributed by atoms with Gasteiger partial charge in [0, 0.05) is 13.6 Å². The Morgan fingerprint density at radius 1 is 1.20 bits per heavy atom. The standard InChI is InChI=1S/C13H19N5O2/c1-5-18-13(14-15-16-18)17(2)9-10-11(19-3)7-6-8-12(10)20-4/h6-8H,5,9H2,1-4H3. The molecule has 0 unspecified atom stereocenters. The zero-order valence-corrected chi connectivity index (χ0v) is 12.2. The van der Waals surface area contributed by atoms with Gasteiger partial charge in [0.15, 0.2) is 0 Å². The minimum atomic E-state index is 0.591. The molecular formula is C13H19N5O2. The largest absolute Gasteiger partial charge is 0.496 e. The van der Waals surface area contributed by atoms with Crippen LogP contribution in [-0.4, -0.2) is 41.5 Å². The maximum Gasteiger partial charge on any atom is 0.245 e. The Morgan fingerprint density at radius 3 is 2.40 bits per heavy atom. The topological polar surface area (TPSA) is 65.3 Å². The third-order valence-electron chi connectivity index (χ3n) is 3.08. The molecule has 1 aromatic heterocycles. The average Bonchev–Trinajstić information content (AvgIpc) is 2.95. The first kappa shape index (κ1) is 14.1. The number of hydrogen-bond acceptors (Lipinski definition) is 6. The lowest BCUT2D eigenvalue weighted by molar-refractivity contribution is 0.385. The molecule has 0 atom stereocenters. The molecular weight excluding hydrogens is 258 g/mol. The van der Waals surface area contributed by atoms with Gasteiger partial charge in [0.2, 0.25) is 5.95 Å². The molecule has 7 nitrogen and oxygen atoms in total. The Hall–Kier alpha value is -2.31. The SMILES string of the molecule is CCn1nnnc1N(C)Cc1c(OC)cccc1OC. The van der Waals surface area contributed by atoms with Crippen LogP contribution in [0.5, 0.6) is 11.5 Å². The molecule has 0 aliphatic rings. The smallest absolute Gasteiger partial charge is 0.245 e. The second kappa shape index (κ2) is 6.23. The summed E-state index contributed by atoms with van der Waals surface area (Å²) < 4.78 is 12.5. The van der Waals surface area contributed by atoms with E-state index in [9.17, 15) is 0 Å². The molecule has 0 fully saturated rings. The first-order chi connectivity index (χ1) is 9.71. The minimum Gasteiger partial charge on any atom is -0.496 e. The lowest BCUT2D eigenvalue weighted by Crippen LogP contribution is -2.22. The van der Waals surface area contributed by atoms with Crippen LogP contribution in [0, 0.1) is 0 Å². The number of hydrogen-bond donors (Lipinski definition) is 0. The molecule has 0 bridgehead atoms. The summed E-state index contributed by atoms with van der Waals surface area (Å²) in [6, 6.07) is 5.72. The average molecular weight is 277 g/mol. The van der Waals surface area contributed by atoms with E-state index in [0.717, 1.165) is 23.6 Å². The fraction of sp³-hybridized carbons (Fsp3) is 0.462. The van der Waals surface area contributed by atoms with E-state index in [4.69, 9.17) is 9.47 Å². The van der Waals surface area contributed by atoms with Crippen LogP contribution in [0.25, 0.3) is 0 Å². The van der Waals surface area contributed by atoms with Crippen LogP contribution in [0.15, 0.2) is 18.2 Å². The van der Waals surface area contributed by atoms with Crippen molar-refractivity contribution >= 4 is 5.95 Å². The van der Waals surface area contributed by atoms with Crippen molar-refractivity contribution in [3.63, 3.8) is 0 Å². The van der Waals surface area contributed by atoms with Crippen LogP contribution in [-0.2, 0) is 13.1 Å². The van der Waals surface area contributed by atoms with Crippen molar-refractivity contribution in [2.75, 3.05) is 26.2 Å². The quantitative estimate of drug-likeness (QED) is 0.794. The molecule has 0 saturated carbocycles. The van der Waals surface area contributed by atoms with E-state index in [-0.39, 0.29) is 0 Å². The lowest BCUT2D eigenvalue weighted by atomic mass is 10.1. The van der Waals surface area contributed by atoms with Crippen molar-refractivity contribution in [3.05, 3.63) is 23.8 Å². The van der Waals surface area contributed by atoms with E-state index < -0.39 is 0 Å². The number of anilines is 1. The van der Waals surface area contributed by atoms with Crippen molar-refractivity contribution < 1.29 is 9.47 Å². The van der Waals surface area contributed by atoms with Gasteiger partial charge in [0.1, 0.15) is 11.5 Å². The summed E-state index contributed by atoms with van der Waals surface area (Å²) in [6.07, 6.45) is 0. The maximum absolute atomic E-state index is 5.40. The van der Waals surface area contributed by atoms with Crippen LogP contribution in [0.4, 0.5) is 5.95 Å². The van der Waals surface area contributed by atoms with Crippen molar-refractivity contribution in [3.8, 4) is 11.5 Å². The Bertz CT molecular complexity index is 547. The lowest BCUT2D eigenvalue weighted by Gasteiger charge is -2.20. The highest BCUT2D eigenvalue weighted by molar-refractivity contribution is 5.47. The van der Waals surface area contributed by atoms with Crippen LogP contribution >= 0.6 is 0 Å². The molecule has 0 amide bonds. The van der Waals surface area contributed by atoms with Gasteiger partial charge in [-0.15, -0.1) is 0 Å².